The highest BCUT2D eigenvalue weighted by Crippen LogP contribution is 2.33. The van der Waals surface area contributed by atoms with E-state index in [0.29, 0.717) is 0 Å². The first-order valence-electron chi connectivity index (χ1n) is 3.76. The molecule has 0 saturated carbocycles. The summed E-state index contributed by atoms with van der Waals surface area (Å²) in [6, 6.07) is 0. The minimum Gasteiger partial charge on any atom is -0.481 e. The molecular formula is C8H5BrClF2NO2. The molecular weight excluding hydrogens is 295 g/mol. The standard InChI is InChI=1S/C8H5BrClF2NO2/c9-7-6(8(11)12)3(1-5(14)15)4(10)2-13-7/h2,8H,1H2,(H,14,15). The first kappa shape index (κ1) is 12.3. The van der Waals surface area contributed by atoms with Crippen molar-refractivity contribution in [3.8, 4) is 0 Å². The van der Waals surface area contributed by atoms with Gasteiger partial charge in [-0.15, -0.1) is 0 Å². The number of carboxylic acid groups (broad SMARTS) is 1. The molecule has 0 saturated heterocycles. The Balaban J connectivity index is 3.31. The molecule has 3 nitrogen and oxygen atoms in total. The number of hydrogen-bond donors (Lipinski definition) is 1. The molecule has 0 fully saturated rings. The van der Waals surface area contributed by atoms with Crippen molar-refractivity contribution in [2.24, 2.45) is 0 Å². The highest BCUT2D eigenvalue weighted by atomic mass is 79.9. The van der Waals surface area contributed by atoms with Crippen LogP contribution in [0, 0.1) is 0 Å². The summed E-state index contributed by atoms with van der Waals surface area (Å²) < 4.78 is 25.1. The van der Waals surface area contributed by atoms with Gasteiger partial charge in [0.2, 0.25) is 0 Å². The molecule has 0 radical (unpaired) electrons. The third-order valence-electron chi connectivity index (χ3n) is 1.67. The SMILES string of the molecule is O=C(O)Cc1c(Cl)cnc(Br)c1C(F)F. The maximum atomic E-state index is 12.6. The fourth-order valence-corrected chi connectivity index (χ4v) is 1.80. The Kier molecular flexibility index (Phi) is 3.98. The van der Waals surface area contributed by atoms with Gasteiger partial charge in [-0.05, 0) is 21.5 Å². The van der Waals surface area contributed by atoms with Gasteiger partial charge in [0.05, 0.1) is 17.0 Å². The number of carbonyl (C=O) groups is 1. The molecule has 1 N–H and O–H groups in total. The van der Waals surface area contributed by atoms with E-state index in [2.05, 4.69) is 20.9 Å². The number of rotatable bonds is 3. The van der Waals surface area contributed by atoms with Gasteiger partial charge in [0.1, 0.15) is 4.60 Å². The first-order chi connectivity index (χ1) is 6.93. The monoisotopic (exact) mass is 299 g/mol. The number of nitrogens with zero attached hydrogens (tertiary/aromatic N) is 1. The molecule has 1 aromatic heterocycles. The van der Waals surface area contributed by atoms with Crippen molar-refractivity contribution in [2.45, 2.75) is 12.8 Å². The molecule has 0 aliphatic carbocycles. The van der Waals surface area contributed by atoms with Crippen LogP contribution in [0.4, 0.5) is 8.78 Å². The van der Waals surface area contributed by atoms with E-state index in [1.807, 2.05) is 0 Å². The van der Waals surface area contributed by atoms with Crippen LogP contribution in [0.5, 0.6) is 0 Å². The third-order valence-corrected chi connectivity index (χ3v) is 2.63. The summed E-state index contributed by atoms with van der Waals surface area (Å²) in [5.41, 5.74) is -0.578. The molecule has 0 aliphatic heterocycles. The smallest absolute Gasteiger partial charge is 0.307 e. The molecule has 7 heteroatoms. The van der Waals surface area contributed by atoms with Crippen LogP contribution in [-0.2, 0) is 11.2 Å². The summed E-state index contributed by atoms with van der Waals surface area (Å²) in [7, 11) is 0. The average Bonchev–Trinajstić information content (AvgIpc) is 2.10. The fourth-order valence-electron chi connectivity index (χ4n) is 1.07. The van der Waals surface area contributed by atoms with Crippen molar-refractivity contribution in [3.05, 3.63) is 26.9 Å². The van der Waals surface area contributed by atoms with Gasteiger partial charge in [-0.25, -0.2) is 13.8 Å². The van der Waals surface area contributed by atoms with Crippen molar-refractivity contribution < 1.29 is 18.7 Å². The van der Waals surface area contributed by atoms with Gasteiger partial charge < -0.3 is 5.11 Å². The molecule has 15 heavy (non-hydrogen) atoms. The number of carboxylic acids is 1. The quantitative estimate of drug-likeness (QED) is 0.873. The molecule has 1 heterocycles. The van der Waals surface area contributed by atoms with Crippen LogP contribution in [0.2, 0.25) is 5.02 Å². The molecule has 0 atom stereocenters. The van der Waals surface area contributed by atoms with Crippen molar-refractivity contribution in [1.29, 1.82) is 0 Å². The lowest BCUT2D eigenvalue weighted by Gasteiger charge is -2.10. The van der Waals surface area contributed by atoms with Crippen LogP contribution in [-0.4, -0.2) is 16.1 Å². The van der Waals surface area contributed by atoms with Crippen LogP contribution in [0.15, 0.2) is 10.8 Å². The molecule has 1 aromatic rings. The van der Waals surface area contributed by atoms with Crippen molar-refractivity contribution >= 4 is 33.5 Å². The summed E-state index contributed by atoms with van der Waals surface area (Å²) in [5.74, 6) is -1.23. The minimum atomic E-state index is -2.82. The molecule has 1 rings (SSSR count). The predicted octanol–water partition coefficient (Wildman–Crippen LogP) is 3.06. The Hall–Kier alpha value is -0.750. The molecule has 0 unspecified atom stereocenters. The lowest BCUT2D eigenvalue weighted by atomic mass is 10.1. The lowest BCUT2D eigenvalue weighted by Crippen LogP contribution is -2.06. The number of pyridine rings is 1. The zero-order chi connectivity index (χ0) is 11.6. The Bertz CT molecular complexity index is 400. The fraction of sp³-hybridized carbons (Fsp3) is 0.250. The molecule has 0 aromatic carbocycles. The number of halogens is 4. The average molecular weight is 300 g/mol. The summed E-state index contributed by atoms with van der Waals surface area (Å²) >= 11 is 8.44. The maximum absolute atomic E-state index is 12.6. The van der Waals surface area contributed by atoms with Crippen LogP contribution in [0.1, 0.15) is 17.6 Å². The van der Waals surface area contributed by atoms with Crippen molar-refractivity contribution in [3.63, 3.8) is 0 Å². The summed E-state index contributed by atoms with van der Waals surface area (Å²) in [5, 5.41) is 8.48. The lowest BCUT2D eigenvalue weighted by molar-refractivity contribution is -0.136. The predicted molar refractivity (Wildman–Crippen MR) is 53.2 cm³/mol. The number of hydrogen-bond acceptors (Lipinski definition) is 2. The summed E-state index contributed by atoms with van der Waals surface area (Å²) in [6.07, 6.45) is -2.24. The molecule has 0 aliphatic rings. The number of alkyl halides is 2. The van der Waals surface area contributed by atoms with E-state index in [4.69, 9.17) is 16.7 Å². The van der Waals surface area contributed by atoms with Gasteiger partial charge in [0.25, 0.3) is 6.43 Å². The van der Waals surface area contributed by atoms with E-state index >= 15 is 0 Å². The molecule has 0 amide bonds. The second kappa shape index (κ2) is 4.85. The Morgan fingerprint density at radius 1 is 1.67 bits per heavy atom. The minimum absolute atomic E-state index is 0.0732. The van der Waals surface area contributed by atoms with Crippen molar-refractivity contribution in [2.75, 3.05) is 0 Å². The van der Waals surface area contributed by atoms with E-state index in [1.165, 1.54) is 0 Å². The second-order valence-electron chi connectivity index (χ2n) is 2.66. The number of aromatic nitrogens is 1. The third kappa shape index (κ3) is 2.85. The van der Waals surface area contributed by atoms with Crippen LogP contribution in [0.3, 0.4) is 0 Å². The topological polar surface area (TPSA) is 50.2 Å². The zero-order valence-electron chi connectivity index (χ0n) is 7.18. The van der Waals surface area contributed by atoms with Gasteiger partial charge in [-0.1, -0.05) is 11.6 Å². The molecule has 0 spiro atoms. The Morgan fingerprint density at radius 2 is 2.27 bits per heavy atom. The van der Waals surface area contributed by atoms with E-state index in [9.17, 15) is 13.6 Å². The molecule has 0 bridgehead atoms. The van der Waals surface area contributed by atoms with Gasteiger partial charge in [-0.3, -0.25) is 4.79 Å². The Morgan fingerprint density at radius 3 is 2.73 bits per heavy atom. The van der Waals surface area contributed by atoms with Gasteiger partial charge in [-0.2, -0.15) is 0 Å². The van der Waals surface area contributed by atoms with Crippen LogP contribution < -0.4 is 0 Å². The number of aliphatic carboxylic acids is 1. The summed E-state index contributed by atoms with van der Waals surface area (Å²) in [4.78, 5) is 14.0. The Labute approximate surface area is 97.2 Å². The maximum Gasteiger partial charge on any atom is 0.307 e. The van der Waals surface area contributed by atoms with Crippen LogP contribution >= 0.6 is 27.5 Å². The summed E-state index contributed by atoms with van der Waals surface area (Å²) in [6.45, 7) is 0. The van der Waals surface area contributed by atoms with Gasteiger partial charge in [0, 0.05) is 6.20 Å². The van der Waals surface area contributed by atoms with Crippen LogP contribution in [0.25, 0.3) is 0 Å². The van der Waals surface area contributed by atoms with E-state index in [0.717, 1.165) is 6.20 Å². The molecule has 82 valence electrons. The van der Waals surface area contributed by atoms with Gasteiger partial charge in [0.15, 0.2) is 0 Å². The first-order valence-corrected chi connectivity index (χ1v) is 4.93. The highest BCUT2D eigenvalue weighted by Gasteiger charge is 2.22. The van der Waals surface area contributed by atoms with Gasteiger partial charge >= 0.3 is 5.97 Å². The van der Waals surface area contributed by atoms with E-state index in [1.54, 1.807) is 0 Å². The second-order valence-corrected chi connectivity index (χ2v) is 3.82. The normalized spacial score (nSPS) is 10.7. The van der Waals surface area contributed by atoms with Crippen molar-refractivity contribution in [1.82, 2.24) is 4.98 Å². The highest BCUT2D eigenvalue weighted by molar-refractivity contribution is 9.10. The van der Waals surface area contributed by atoms with E-state index < -0.39 is 24.4 Å². The largest absolute Gasteiger partial charge is 0.481 e. The zero-order valence-corrected chi connectivity index (χ0v) is 9.52. The van der Waals surface area contributed by atoms with E-state index in [-0.39, 0.29) is 15.2 Å².